The first-order chi connectivity index (χ1) is 4.79. The summed E-state index contributed by atoms with van der Waals surface area (Å²) in [5, 5.41) is 0.976. The fourth-order valence-corrected chi connectivity index (χ4v) is 5.57. The van der Waals surface area contributed by atoms with Crippen LogP contribution in [-0.4, -0.2) is 11.0 Å². The van der Waals surface area contributed by atoms with Gasteiger partial charge in [0.25, 0.3) is 0 Å². The molecular formula is C8H14S2. The lowest BCUT2D eigenvalue weighted by molar-refractivity contribution is 0.540. The van der Waals surface area contributed by atoms with Crippen LogP contribution in [0.1, 0.15) is 20.3 Å². The van der Waals surface area contributed by atoms with Crippen molar-refractivity contribution in [2.75, 3.05) is 5.75 Å². The van der Waals surface area contributed by atoms with Crippen molar-refractivity contribution in [2.45, 2.75) is 25.5 Å². The van der Waals surface area contributed by atoms with Crippen molar-refractivity contribution < 1.29 is 0 Å². The molecule has 0 nitrogen and oxygen atoms in total. The molecule has 0 radical (unpaired) electrons. The van der Waals surface area contributed by atoms with Gasteiger partial charge in [0.2, 0.25) is 0 Å². The van der Waals surface area contributed by atoms with E-state index in [4.69, 9.17) is 0 Å². The van der Waals surface area contributed by atoms with Gasteiger partial charge in [-0.1, -0.05) is 35.4 Å². The van der Waals surface area contributed by atoms with E-state index in [0.29, 0.717) is 0 Å². The summed E-state index contributed by atoms with van der Waals surface area (Å²) in [7, 11) is 4.24. The van der Waals surface area contributed by atoms with Crippen molar-refractivity contribution in [3.05, 3.63) is 0 Å². The maximum Gasteiger partial charge on any atom is 0.0205 e. The van der Waals surface area contributed by atoms with E-state index in [1.807, 2.05) is 0 Å². The predicted octanol–water partition coefficient (Wildman–Crippen LogP) is 3.04. The summed E-state index contributed by atoms with van der Waals surface area (Å²) in [4.78, 5) is 0. The molecule has 0 amide bonds. The van der Waals surface area contributed by atoms with E-state index >= 15 is 0 Å². The van der Waals surface area contributed by atoms with Gasteiger partial charge in [-0.25, -0.2) is 0 Å². The van der Waals surface area contributed by atoms with Crippen molar-refractivity contribution in [1.82, 2.24) is 0 Å². The molecule has 2 heteroatoms. The Bertz CT molecular complexity index is 133. The minimum atomic E-state index is 0.896. The molecule has 1 saturated carbocycles. The normalized spacial score (nSPS) is 45.3. The Morgan fingerprint density at radius 1 is 1.40 bits per heavy atom. The van der Waals surface area contributed by atoms with Crippen LogP contribution in [0, 0.1) is 17.8 Å². The van der Waals surface area contributed by atoms with Gasteiger partial charge in [0.15, 0.2) is 0 Å². The zero-order chi connectivity index (χ0) is 7.14. The lowest BCUT2D eigenvalue weighted by atomic mass is 10.1. The SMILES string of the molecule is CC(C)C1SSCC2CC21. The first-order valence-electron chi connectivity index (χ1n) is 4.07. The lowest BCUT2D eigenvalue weighted by Crippen LogP contribution is -2.16. The van der Waals surface area contributed by atoms with Crippen LogP contribution in [0.15, 0.2) is 0 Å². The highest BCUT2D eigenvalue weighted by Gasteiger charge is 2.47. The average molecular weight is 174 g/mol. The molecular weight excluding hydrogens is 160 g/mol. The minimum Gasteiger partial charge on any atom is -0.0936 e. The molecule has 3 unspecified atom stereocenters. The molecule has 2 fully saturated rings. The highest BCUT2D eigenvalue weighted by atomic mass is 33.1. The second-order valence-electron chi connectivity index (χ2n) is 3.75. The van der Waals surface area contributed by atoms with Gasteiger partial charge < -0.3 is 0 Å². The summed E-state index contributed by atoms with van der Waals surface area (Å²) < 4.78 is 0. The fourth-order valence-electron chi connectivity index (χ4n) is 1.75. The molecule has 2 aliphatic rings. The van der Waals surface area contributed by atoms with Crippen LogP contribution >= 0.6 is 21.6 Å². The number of hydrogen-bond acceptors (Lipinski definition) is 2. The second-order valence-corrected chi connectivity index (χ2v) is 6.34. The van der Waals surface area contributed by atoms with Gasteiger partial charge in [-0.2, -0.15) is 0 Å². The smallest absolute Gasteiger partial charge is 0.0205 e. The Labute approximate surface area is 70.9 Å². The van der Waals surface area contributed by atoms with Crippen LogP contribution in [0.25, 0.3) is 0 Å². The topological polar surface area (TPSA) is 0 Å². The predicted molar refractivity (Wildman–Crippen MR) is 50.3 cm³/mol. The standard InChI is InChI=1S/C8H14S2/c1-5(2)8-7-3-6(7)4-9-10-8/h5-8H,3-4H2,1-2H3. The van der Waals surface area contributed by atoms with Crippen LogP contribution in [0.3, 0.4) is 0 Å². The van der Waals surface area contributed by atoms with Gasteiger partial charge in [-0.3, -0.25) is 0 Å². The highest BCUT2D eigenvalue weighted by molar-refractivity contribution is 8.77. The Morgan fingerprint density at radius 3 is 2.80 bits per heavy atom. The van der Waals surface area contributed by atoms with Gasteiger partial charge >= 0.3 is 0 Å². The molecule has 10 heavy (non-hydrogen) atoms. The summed E-state index contributed by atoms with van der Waals surface area (Å²) in [5.41, 5.74) is 0. The zero-order valence-electron chi connectivity index (χ0n) is 6.54. The second kappa shape index (κ2) is 2.63. The van der Waals surface area contributed by atoms with Crippen molar-refractivity contribution in [2.24, 2.45) is 17.8 Å². The van der Waals surface area contributed by atoms with E-state index in [9.17, 15) is 0 Å². The monoisotopic (exact) mass is 174 g/mol. The van der Waals surface area contributed by atoms with Crippen molar-refractivity contribution in [3.63, 3.8) is 0 Å². The molecule has 58 valence electrons. The van der Waals surface area contributed by atoms with Gasteiger partial charge in [0, 0.05) is 11.0 Å². The third-order valence-corrected chi connectivity index (χ3v) is 5.82. The maximum atomic E-state index is 2.36. The van der Waals surface area contributed by atoms with Crippen molar-refractivity contribution >= 4 is 21.6 Å². The average Bonchev–Trinajstić information content (AvgIpc) is 2.63. The largest absolute Gasteiger partial charge is 0.0936 e. The third kappa shape index (κ3) is 1.20. The summed E-state index contributed by atoms with van der Waals surface area (Å²) in [6, 6.07) is 0. The number of rotatable bonds is 1. The first-order valence-corrected chi connectivity index (χ1v) is 6.45. The van der Waals surface area contributed by atoms with E-state index in [1.165, 1.54) is 12.2 Å². The summed E-state index contributed by atoms with van der Waals surface area (Å²) in [6.07, 6.45) is 1.53. The Balaban J connectivity index is 1.96. The molecule has 0 spiro atoms. The number of hydrogen-bond donors (Lipinski definition) is 0. The fraction of sp³-hybridized carbons (Fsp3) is 1.00. The van der Waals surface area contributed by atoms with Gasteiger partial charge in [0.05, 0.1) is 0 Å². The zero-order valence-corrected chi connectivity index (χ0v) is 8.17. The van der Waals surface area contributed by atoms with Crippen molar-refractivity contribution in [3.8, 4) is 0 Å². The Hall–Kier alpha value is 0.700. The Morgan fingerprint density at radius 2 is 2.20 bits per heavy atom. The van der Waals surface area contributed by atoms with E-state index in [0.717, 1.165) is 23.0 Å². The minimum absolute atomic E-state index is 0.896. The Kier molecular flexibility index (Phi) is 1.94. The molecule has 3 atom stereocenters. The van der Waals surface area contributed by atoms with E-state index in [1.54, 1.807) is 0 Å². The van der Waals surface area contributed by atoms with Gasteiger partial charge in [-0.15, -0.1) is 0 Å². The summed E-state index contributed by atoms with van der Waals surface area (Å²) in [6.45, 7) is 4.72. The lowest BCUT2D eigenvalue weighted by Gasteiger charge is -2.23. The van der Waals surface area contributed by atoms with Crippen LogP contribution in [0.2, 0.25) is 0 Å². The molecule has 2 rings (SSSR count). The van der Waals surface area contributed by atoms with E-state index in [2.05, 4.69) is 35.4 Å². The summed E-state index contributed by atoms with van der Waals surface area (Å²) >= 11 is 0. The molecule has 0 N–H and O–H groups in total. The highest BCUT2D eigenvalue weighted by Crippen LogP contribution is 2.57. The van der Waals surface area contributed by atoms with Crippen LogP contribution < -0.4 is 0 Å². The maximum absolute atomic E-state index is 2.36. The number of fused-ring (bicyclic) bond motifs is 1. The molecule has 1 aliphatic heterocycles. The molecule has 0 bridgehead atoms. The van der Waals surface area contributed by atoms with E-state index in [-0.39, 0.29) is 0 Å². The van der Waals surface area contributed by atoms with Crippen LogP contribution in [0.4, 0.5) is 0 Å². The van der Waals surface area contributed by atoms with Gasteiger partial charge in [0.1, 0.15) is 0 Å². The van der Waals surface area contributed by atoms with Crippen molar-refractivity contribution in [1.29, 1.82) is 0 Å². The molecule has 0 aromatic heterocycles. The molecule has 1 saturated heterocycles. The molecule has 1 heterocycles. The van der Waals surface area contributed by atoms with Crippen LogP contribution in [-0.2, 0) is 0 Å². The van der Waals surface area contributed by atoms with Gasteiger partial charge in [-0.05, 0) is 24.2 Å². The van der Waals surface area contributed by atoms with E-state index < -0.39 is 0 Å². The summed E-state index contributed by atoms with van der Waals surface area (Å²) in [5.74, 6) is 4.54. The first kappa shape index (κ1) is 7.35. The quantitative estimate of drug-likeness (QED) is 0.560. The molecule has 0 aromatic carbocycles. The third-order valence-electron chi connectivity index (χ3n) is 2.52. The molecule has 1 aliphatic carbocycles. The molecule has 0 aromatic rings. The van der Waals surface area contributed by atoms with Crippen LogP contribution in [0.5, 0.6) is 0 Å².